The molecule has 0 spiro atoms. The lowest BCUT2D eigenvalue weighted by Gasteiger charge is -2.40. The molecule has 1 rings (SSSR count). The highest BCUT2D eigenvalue weighted by atomic mass is 14.1. The molecule has 1 fully saturated rings. The molecule has 0 aromatic carbocycles. The summed E-state index contributed by atoms with van der Waals surface area (Å²) < 4.78 is 0. The average molecular weight is 138 g/mol. The van der Waals surface area contributed by atoms with E-state index in [1.807, 2.05) is 0 Å². The lowest BCUT2D eigenvalue weighted by atomic mass is 8.87. The van der Waals surface area contributed by atoms with Crippen LogP contribution in [0.2, 0.25) is 5.21 Å². The molecule has 0 N–H and O–H groups in total. The Kier molecular flexibility index (Phi) is 3.27. The van der Waals surface area contributed by atoms with Crippen molar-refractivity contribution in [1.29, 1.82) is 0 Å². The van der Waals surface area contributed by atoms with Crippen LogP contribution in [0.4, 0.5) is 0 Å². The highest BCUT2D eigenvalue weighted by Crippen LogP contribution is 2.36. The minimum atomic E-state index is 0.328. The molecule has 5 heteroatoms. The minimum absolute atomic E-state index is 0.328. The Morgan fingerprint density at radius 1 is 1.09 bits per heavy atom. The Labute approximate surface area is 74.4 Å². The summed E-state index contributed by atoms with van der Waals surface area (Å²) in [4.78, 5) is 0. The number of hydrogen-bond donors (Lipinski definition) is 0. The van der Waals surface area contributed by atoms with Gasteiger partial charge in [0.25, 0.3) is 0 Å². The molecular formula is C6H12B5. The fourth-order valence-electron chi connectivity index (χ4n) is 1.62. The third-order valence-electron chi connectivity index (χ3n) is 2.72. The molecule has 1 aliphatic rings. The molecule has 1 aliphatic heterocycles. The third-order valence-corrected chi connectivity index (χ3v) is 2.72. The van der Waals surface area contributed by atoms with Crippen molar-refractivity contribution >= 4 is 35.5 Å². The second kappa shape index (κ2) is 3.82. The Morgan fingerprint density at radius 3 is 1.91 bits per heavy atom. The lowest BCUT2D eigenvalue weighted by Crippen LogP contribution is -2.47. The Bertz CT molecular complexity index is 118. The van der Waals surface area contributed by atoms with Crippen molar-refractivity contribution in [1.82, 2.24) is 0 Å². The molecule has 0 aromatic rings. The first-order valence-corrected chi connectivity index (χ1v) is 4.41. The summed E-state index contributed by atoms with van der Waals surface area (Å²) in [6.07, 6.45) is 1.20. The topological polar surface area (TPSA) is 0 Å². The Morgan fingerprint density at radius 2 is 1.64 bits per heavy atom. The van der Waals surface area contributed by atoms with E-state index in [0.29, 0.717) is 11.1 Å². The van der Waals surface area contributed by atoms with Crippen LogP contribution in [-0.2, 0) is 0 Å². The summed E-state index contributed by atoms with van der Waals surface area (Å²) >= 11 is 0. The van der Waals surface area contributed by atoms with Crippen LogP contribution in [0.25, 0.3) is 0 Å². The highest BCUT2D eigenvalue weighted by Gasteiger charge is 2.33. The van der Waals surface area contributed by atoms with E-state index >= 15 is 0 Å². The van der Waals surface area contributed by atoms with Gasteiger partial charge in [0.15, 0.2) is 0 Å². The van der Waals surface area contributed by atoms with Crippen LogP contribution >= 0.6 is 0 Å². The summed E-state index contributed by atoms with van der Waals surface area (Å²) in [5.41, 5.74) is 0. The quantitative estimate of drug-likeness (QED) is 0.483. The van der Waals surface area contributed by atoms with Gasteiger partial charge in [0.1, 0.15) is 0 Å². The first kappa shape index (κ1) is 9.41. The van der Waals surface area contributed by atoms with Crippen molar-refractivity contribution in [2.75, 3.05) is 0 Å². The molecule has 0 atom stereocenters. The SMILES string of the molecule is CCC1(C(C)C)[B][B][B][B][B]1. The van der Waals surface area contributed by atoms with Crippen molar-refractivity contribution in [2.45, 2.75) is 32.4 Å². The van der Waals surface area contributed by atoms with Crippen LogP contribution in [0.5, 0.6) is 0 Å². The van der Waals surface area contributed by atoms with Crippen molar-refractivity contribution in [2.24, 2.45) is 5.92 Å². The summed E-state index contributed by atoms with van der Waals surface area (Å²) in [5.74, 6) is 0.702. The van der Waals surface area contributed by atoms with Crippen molar-refractivity contribution in [3.05, 3.63) is 0 Å². The highest BCUT2D eigenvalue weighted by molar-refractivity contribution is 7.58. The van der Waals surface area contributed by atoms with Gasteiger partial charge in [-0.15, -0.1) is 0 Å². The maximum atomic E-state index is 2.32. The van der Waals surface area contributed by atoms with Crippen LogP contribution in [-0.4, -0.2) is 35.5 Å². The molecule has 0 aromatic heterocycles. The summed E-state index contributed by atoms with van der Waals surface area (Å²) in [7, 11) is 11.0. The first-order chi connectivity index (χ1) is 5.21. The molecule has 0 amide bonds. The monoisotopic (exact) mass is 139 g/mol. The Hall–Kier alpha value is 0.325. The first-order valence-electron chi connectivity index (χ1n) is 4.41. The molecule has 0 unspecified atom stereocenters. The van der Waals surface area contributed by atoms with E-state index in [1.165, 1.54) is 6.42 Å². The molecule has 51 valence electrons. The van der Waals surface area contributed by atoms with E-state index in [2.05, 4.69) is 56.3 Å². The van der Waals surface area contributed by atoms with Gasteiger partial charge in [-0.25, -0.2) is 0 Å². The van der Waals surface area contributed by atoms with Gasteiger partial charge in [-0.05, 0) is 0 Å². The number of hydrogen-bond acceptors (Lipinski definition) is 0. The van der Waals surface area contributed by atoms with E-state index in [-0.39, 0.29) is 0 Å². The fourth-order valence-corrected chi connectivity index (χ4v) is 1.62. The van der Waals surface area contributed by atoms with Crippen LogP contribution in [0.1, 0.15) is 27.2 Å². The summed E-state index contributed by atoms with van der Waals surface area (Å²) in [5, 5.41) is 0.328. The van der Waals surface area contributed by atoms with Crippen LogP contribution in [0.15, 0.2) is 0 Å². The molecular weight excluding hydrogens is 126 g/mol. The van der Waals surface area contributed by atoms with Gasteiger partial charge >= 0.3 is 0 Å². The van der Waals surface area contributed by atoms with Gasteiger partial charge in [0.05, 0.1) is 14.3 Å². The van der Waals surface area contributed by atoms with E-state index < -0.39 is 0 Å². The summed E-state index contributed by atoms with van der Waals surface area (Å²) in [6, 6.07) is 0. The standard InChI is InChI=1S/C6H12B5/c1-4-6(5(2)3)7-9-11-10-8-6/h5H,4H2,1-3H3. The number of rotatable bonds is 2. The third kappa shape index (κ3) is 1.92. The largest absolute Gasteiger partial charge is 0.0986 e. The smallest absolute Gasteiger partial charge is 0.0517 e. The van der Waals surface area contributed by atoms with Crippen LogP contribution in [0, 0.1) is 5.92 Å². The second-order valence-electron chi connectivity index (χ2n) is 3.53. The van der Waals surface area contributed by atoms with Gasteiger partial charge in [-0.1, -0.05) is 38.3 Å². The van der Waals surface area contributed by atoms with Gasteiger partial charge in [-0.3, -0.25) is 0 Å². The molecule has 5 radical (unpaired) electrons. The van der Waals surface area contributed by atoms with Crippen LogP contribution in [0.3, 0.4) is 0 Å². The molecule has 1 saturated heterocycles. The zero-order valence-electron chi connectivity index (χ0n) is 7.67. The maximum Gasteiger partial charge on any atom is 0.0517 e. The van der Waals surface area contributed by atoms with Crippen molar-refractivity contribution < 1.29 is 0 Å². The predicted molar refractivity (Wildman–Crippen MR) is 56.6 cm³/mol. The predicted octanol–water partition coefficient (Wildman–Crippen LogP) is 0.363. The molecule has 0 saturated carbocycles. The van der Waals surface area contributed by atoms with E-state index in [9.17, 15) is 0 Å². The van der Waals surface area contributed by atoms with Crippen molar-refractivity contribution in [3.8, 4) is 0 Å². The van der Waals surface area contributed by atoms with E-state index in [0.717, 1.165) is 0 Å². The van der Waals surface area contributed by atoms with Gasteiger partial charge < -0.3 is 0 Å². The lowest BCUT2D eigenvalue weighted by molar-refractivity contribution is 0.519. The second-order valence-corrected chi connectivity index (χ2v) is 3.53. The minimum Gasteiger partial charge on any atom is -0.0986 e. The average Bonchev–Trinajstić information content (AvgIpc) is 2.05. The van der Waals surface area contributed by atoms with Gasteiger partial charge in [-0.2, -0.15) is 0 Å². The maximum absolute atomic E-state index is 2.32. The van der Waals surface area contributed by atoms with Gasteiger partial charge in [0, 0.05) is 21.2 Å². The molecule has 11 heavy (non-hydrogen) atoms. The summed E-state index contributed by atoms with van der Waals surface area (Å²) in [6.45, 7) is 6.81. The Balaban J connectivity index is 2.57. The van der Waals surface area contributed by atoms with Crippen LogP contribution < -0.4 is 0 Å². The normalized spacial score (nSPS) is 20.4. The van der Waals surface area contributed by atoms with Crippen molar-refractivity contribution in [3.63, 3.8) is 0 Å². The zero-order valence-corrected chi connectivity index (χ0v) is 7.67. The molecule has 0 aliphatic carbocycles. The molecule has 0 nitrogen and oxygen atoms in total. The fraction of sp³-hybridized carbons (Fsp3) is 1.00. The van der Waals surface area contributed by atoms with E-state index in [4.69, 9.17) is 0 Å². The van der Waals surface area contributed by atoms with Gasteiger partial charge in [0.2, 0.25) is 0 Å². The zero-order chi connectivity index (χ0) is 8.32. The molecule has 0 bridgehead atoms. The van der Waals surface area contributed by atoms with E-state index in [1.54, 1.807) is 0 Å². The molecule has 1 heterocycles.